The van der Waals surface area contributed by atoms with E-state index in [-0.39, 0.29) is 17.3 Å². The zero-order valence-electron chi connectivity index (χ0n) is 25.4. The van der Waals surface area contributed by atoms with E-state index in [0.717, 1.165) is 36.5 Å². The van der Waals surface area contributed by atoms with E-state index in [0.29, 0.717) is 44.7 Å². The number of rotatable bonds is 13. The topological polar surface area (TPSA) is 22.1 Å². The van der Waals surface area contributed by atoms with Crippen molar-refractivity contribution in [3.8, 4) is 0 Å². The first-order chi connectivity index (χ1) is 20.0. The van der Waals surface area contributed by atoms with Crippen LogP contribution in [-0.2, 0) is 0 Å². The molecule has 2 unspecified atom stereocenters. The van der Waals surface area contributed by atoms with Gasteiger partial charge >= 0.3 is 0 Å². The van der Waals surface area contributed by atoms with Gasteiger partial charge in [0.1, 0.15) is 11.5 Å². The van der Waals surface area contributed by atoms with Gasteiger partial charge in [-0.2, -0.15) is 0 Å². The van der Waals surface area contributed by atoms with Gasteiger partial charge in [0, 0.05) is 49.7 Å². The van der Waals surface area contributed by atoms with Crippen molar-refractivity contribution in [2.75, 3.05) is 48.8 Å². The zero-order chi connectivity index (χ0) is 30.4. The molecule has 0 amide bonds. The Balaban J connectivity index is 1.48. The maximum absolute atomic E-state index is 15.5. The van der Waals surface area contributed by atoms with Gasteiger partial charge < -0.3 is 14.5 Å². The van der Waals surface area contributed by atoms with Crippen molar-refractivity contribution < 1.29 is 13.2 Å². The quantitative estimate of drug-likeness (QED) is 0.0980. The summed E-state index contributed by atoms with van der Waals surface area (Å²) in [5.41, 5.74) is 2.25. The molecule has 2 atom stereocenters. The van der Waals surface area contributed by atoms with Gasteiger partial charge in [-0.1, -0.05) is 75.9 Å². The highest BCUT2D eigenvalue weighted by molar-refractivity contribution is 7.71. The molecule has 8 heteroatoms. The molecule has 3 aliphatic rings. The van der Waals surface area contributed by atoms with Crippen LogP contribution in [-0.4, -0.2) is 55.8 Å². The van der Waals surface area contributed by atoms with Gasteiger partial charge in [-0.05, 0) is 51.5 Å². The van der Waals surface area contributed by atoms with E-state index in [1.54, 1.807) is 17.2 Å². The lowest BCUT2D eigenvalue weighted by Gasteiger charge is -2.38. The molecule has 0 aromatic heterocycles. The molecule has 0 radical (unpaired) electrons. The fourth-order valence-electron chi connectivity index (χ4n) is 6.05. The summed E-state index contributed by atoms with van der Waals surface area (Å²) in [5, 5.41) is 0. The van der Waals surface area contributed by atoms with Gasteiger partial charge in [0.25, 0.3) is 0 Å². The average molecular weight is 599 g/mol. The summed E-state index contributed by atoms with van der Waals surface area (Å²) in [7, 11) is -1.89. The van der Waals surface area contributed by atoms with Crippen LogP contribution in [0.15, 0.2) is 72.1 Å². The van der Waals surface area contributed by atoms with Gasteiger partial charge in [0.05, 0.1) is 12.2 Å². The van der Waals surface area contributed by atoms with Crippen molar-refractivity contribution in [3.63, 3.8) is 0 Å². The Kier molecular flexibility index (Phi) is 10.7. The number of anilines is 2. The number of hydrogen-bond donors (Lipinski definition) is 0. The minimum Gasteiger partial charge on any atom is -0.343 e. The number of halogens is 3. The van der Waals surface area contributed by atoms with Gasteiger partial charge in [0.2, 0.25) is 0 Å². The van der Waals surface area contributed by atoms with Crippen molar-refractivity contribution in [2.45, 2.75) is 58.3 Å². The first-order valence-electron chi connectivity index (χ1n) is 15.1. The molecule has 1 fully saturated rings. The number of allylic oxidation sites excluding steroid dienone is 3. The van der Waals surface area contributed by atoms with E-state index >= 15 is 13.2 Å². The smallest absolute Gasteiger partial charge is 0.187 e. The summed E-state index contributed by atoms with van der Waals surface area (Å²) in [6.45, 7) is 18.9. The Morgan fingerprint density at radius 1 is 1.12 bits per heavy atom. The van der Waals surface area contributed by atoms with E-state index in [1.165, 1.54) is 36.2 Å². The highest BCUT2D eigenvalue weighted by atomic mass is 31.2. The van der Waals surface area contributed by atoms with Crippen molar-refractivity contribution >= 4 is 30.5 Å². The molecule has 0 spiro atoms. The van der Waals surface area contributed by atoms with Crippen molar-refractivity contribution in [1.82, 2.24) is 4.67 Å². The van der Waals surface area contributed by atoms with E-state index in [4.69, 9.17) is 11.3 Å². The lowest BCUT2D eigenvalue weighted by Crippen LogP contribution is -2.34. The zero-order valence-corrected chi connectivity index (χ0v) is 26.2. The van der Waals surface area contributed by atoms with E-state index < -0.39 is 24.5 Å². The second-order valence-corrected chi connectivity index (χ2v) is 15.6. The van der Waals surface area contributed by atoms with Crippen LogP contribution in [0.3, 0.4) is 0 Å². The first-order valence-corrected chi connectivity index (χ1v) is 17.7. The summed E-state index contributed by atoms with van der Waals surface area (Å²) in [6.07, 6.45) is 21.2. The monoisotopic (exact) mass is 598 g/mol. The molecule has 228 valence electrons. The van der Waals surface area contributed by atoms with Crippen LogP contribution >= 0.6 is 7.04 Å². The summed E-state index contributed by atoms with van der Waals surface area (Å²) < 4.78 is 48.4. The molecule has 4 nitrogen and oxygen atoms in total. The second-order valence-electron chi connectivity index (χ2n) is 12.1. The first kappa shape index (κ1) is 32.0. The maximum atomic E-state index is 15.5. The molecule has 1 aromatic rings. The van der Waals surface area contributed by atoms with Gasteiger partial charge in [-0.15, -0.1) is 0 Å². The summed E-state index contributed by atoms with van der Waals surface area (Å²) in [4.78, 5) is 7.75. The van der Waals surface area contributed by atoms with Crippen LogP contribution in [0.4, 0.5) is 24.5 Å². The average Bonchev–Trinajstić information content (AvgIpc) is 3.60. The normalized spacial score (nSPS) is 19.9. The lowest BCUT2D eigenvalue weighted by atomic mass is 10.1. The Hall–Kier alpha value is -2.92. The lowest BCUT2D eigenvalue weighted by molar-refractivity contribution is 0.480. The molecule has 3 heterocycles. The van der Waals surface area contributed by atoms with Gasteiger partial charge in [0.15, 0.2) is 17.5 Å². The molecule has 1 saturated heterocycles. The third-order valence-electron chi connectivity index (χ3n) is 8.31. The van der Waals surface area contributed by atoms with Crippen LogP contribution in [0.25, 0.3) is 0 Å². The summed E-state index contributed by atoms with van der Waals surface area (Å²) in [6, 6.07) is 1.10. The third-order valence-corrected chi connectivity index (χ3v) is 11.0. The van der Waals surface area contributed by atoms with Crippen LogP contribution in [0.5, 0.6) is 0 Å². The molecule has 1 aromatic carbocycles. The Morgan fingerprint density at radius 3 is 2.55 bits per heavy atom. The predicted octanol–water partition coefficient (Wildman–Crippen LogP) is 8.91. The highest BCUT2D eigenvalue weighted by Gasteiger charge is 2.35. The van der Waals surface area contributed by atoms with Crippen LogP contribution in [0.2, 0.25) is 0 Å². The van der Waals surface area contributed by atoms with Crippen LogP contribution in [0, 0.1) is 23.4 Å². The van der Waals surface area contributed by atoms with Crippen LogP contribution < -0.4 is 9.80 Å². The highest BCUT2D eigenvalue weighted by Crippen LogP contribution is 2.49. The third kappa shape index (κ3) is 7.53. The molecule has 0 saturated carbocycles. The largest absolute Gasteiger partial charge is 0.343 e. The predicted molar refractivity (Wildman–Crippen MR) is 177 cm³/mol. The Morgan fingerprint density at radius 2 is 1.88 bits per heavy atom. The summed E-state index contributed by atoms with van der Waals surface area (Å²) in [5.74, 6) is -2.05. The maximum Gasteiger partial charge on any atom is 0.187 e. The number of hydrogen-bond acceptors (Lipinski definition) is 4. The van der Waals surface area contributed by atoms with Crippen molar-refractivity contribution in [1.29, 1.82) is 0 Å². The molecule has 0 aliphatic carbocycles. The minimum atomic E-state index is -1.89. The Bertz CT molecular complexity index is 1340. The van der Waals surface area contributed by atoms with Crippen molar-refractivity contribution in [2.24, 2.45) is 10.9 Å². The second kappa shape index (κ2) is 14.0. The molecular formula is C34H46F3N4P. The fraction of sp³-hybridized carbons (Fsp3) is 0.471. The SMILES string of the molecule is C=C1C=CN(c2c(F)cc(N3CC(CN(C4=NCC=C4)P(=C)(C)CC(=C)CCCCCCC)CC3=C)c(F)c2F)CC1. The molecule has 42 heavy (non-hydrogen) atoms. The van der Waals surface area contributed by atoms with Gasteiger partial charge in [-0.3, -0.25) is 4.99 Å². The van der Waals surface area contributed by atoms with Crippen molar-refractivity contribution in [3.05, 3.63) is 84.5 Å². The number of amidine groups is 1. The van der Waals surface area contributed by atoms with E-state index in [2.05, 4.69) is 38.0 Å². The van der Waals surface area contributed by atoms with Gasteiger partial charge in [-0.25, -0.2) is 13.2 Å². The van der Waals surface area contributed by atoms with E-state index in [9.17, 15) is 0 Å². The summed E-state index contributed by atoms with van der Waals surface area (Å²) >= 11 is 0. The minimum absolute atomic E-state index is 0.0684. The number of nitrogens with zero attached hydrogens (tertiary/aromatic N) is 4. The van der Waals surface area contributed by atoms with E-state index in [1.807, 2.05) is 12.2 Å². The number of unbranched alkanes of at least 4 members (excludes halogenated alkanes) is 4. The molecule has 0 bridgehead atoms. The Labute approximate surface area is 250 Å². The molecular weight excluding hydrogens is 552 g/mol. The molecule has 0 N–H and O–H groups in total. The molecule has 3 aliphatic heterocycles. The van der Waals surface area contributed by atoms with Crippen LogP contribution in [0.1, 0.15) is 58.3 Å². The molecule has 4 rings (SSSR count). The standard InChI is InChI=1S/C34H46F3N4P/c1-7-8-9-10-11-13-26(3)24-42(5,6)41(31-14-12-17-38-31)23-28-20-27(4)40(22-28)30-21-29(35)34(33(37)32(30)36)39-18-15-25(2)16-19-39/h12,14-15,18,21,28H,2-5,7-11,13,16-17,19-20,22-24H2,1,6H3. The fourth-order valence-corrected chi connectivity index (χ4v) is 8.60. The number of aliphatic imine (C=N–C) groups is 1. The number of benzene rings is 1.